The lowest BCUT2D eigenvalue weighted by atomic mass is 9.97. The van der Waals surface area contributed by atoms with Gasteiger partial charge in [-0.25, -0.2) is 14.8 Å². The zero-order valence-electron chi connectivity index (χ0n) is 14.8. The van der Waals surface area contributed by atoms with Crippen molar-refractivity contribution in [3.05, 3.63) is 18.2 Å². The number of amides is 2. The second-order valence-electron chi connectivity index (χ2n) is 7.19. The molecule has 2 amide bonds. The normalized spacial score (nSPS) is 23.0. The number of hydrogen-bond donors (Lipinski definition) is 1. The number of aryl methyl sites for hydroxylation is 1. The summed E-state index contributed by atoms with van der Waals surface area (Å²) in [6, 6.07) is -0.0403. The second-order valence-corrected chi connectivity index (χ2v) is 7.19. The molecule has 7 nitrogen and oxygen atoms in total. The highest BCUT2D eigenvalue weighted by Crippen LogP contribution is 2.37. The largest absolute Gasteiger partial charge is 0.371 e. The standard InChI is InChI=1S/C17H27N5O2/c1-13-18-8-14(9-19-13)20-16(23)22-12-17(6-4-5-7-17)24-11-15(22)10-21(2)3/h8-9,15H,4-7,10-12H2,1-3H3,(H,20,23). The predicted octanol–water partition coefficient (Wildman–Crippen LogP) is 1.89. The first-order chi connectivity index (χ1) is 11.5. The topological polar surface area (TPSA) is 70.6 Å². The number of ether oxygens (including phenoxy) is 1. The van der Waals surface area contributed by atoms with E-state index in [4.69, 9.17) is 4.74 Å². The molecular formula is C17H27N5O2. The van der Waals surface area contributed by atoms with Gasteiger partial charge >= 0.3 is 6.03 Å². The number of carbonyl (C=O) groups excluding carboxylic acids is 1. The Morgan fingerprint density at radius 3 is 2.67 bits per heavy atom. The summed E-state index contributed by atoms with van der Waals surface area (Å²) in [7, 11) is 4.04. The smallest absolute Gasteiger partial charge is 0.322 e. The van der Waals surface area contributed by atoms with E-state index in [1.54, 1.807) is 12.4 Å². The Hall–Kier alpha value is -1.73. The zero-order valence-corrected chi connectivity index (χ0v) is 14.8. The van der Waals surface area contributed by atoms with Crippen molar-refractivity contribution in [2.75, 3.05) is 39.1 Å². The molecule has 1 aromatic rings. The van der Waals surface area contributed by atoms with Crippen molar-refractivity contribution in [1.82, 2.24) is 19.8 Å². The van der Waals surface area contributed by atoms with Crippen LogP contribution in [0.3, 0.4) is 0 Å². The van der Waals surface area contributed by atoms with Crippen molar-refractivity contribution < 1.29 is 9.53 Å². The van der Waals surface area contributed by atoms with Gasteiger partial charge in [-0.2, -0.15) is 0 Å². The van der Waals surface area contributed by atoms with Crippen molar-refractivity contribution in [2.45, 2.75) is 44.2 Å². The molecule has 2 fully saturated rings. The summed E-state index contributed by atoms with van der Waals surface area (Å²) in [5.41, 5.74) is 0.477. The van der Waals surface area contributed by atoms with Gasteiger partial charge in [0.2, 0.25) is 0 Å². The van der Waals surface area contributed by atoms with E-state index in [1.165, 1.54) is 12.8 Å². The first kappa shape index (κ1) is 17.1. The lowest BCUT2D eigenvalue weighted by Gasteiger charge is -2.45. The van der Waals surface area contributed by atoms with E-state index in [0.717, 1.165) is 19.4 Å². The lowest BCUT2D eigenvalue weighted by Crippen LogP contribution is -2.60. The molecule has 24 heavy (non-hydrogen) atoms. The van der Waals surface area contributed by atoms with Gasteiger partial charge in [0.15, 0.2) is 0 Å². The third-order valence-electron chi connectivity index (χ3n) is 4.86. The van der Waals surface area contributed by atoms with Gasteiger partial charge in [-0.3, -0.25) is 0 Å². The number of urea groups is 1. The summed E-state index contributed by atoms with van der Waals surface area (Å²) in [5.74, 6) is 0.690. The molecule has 7 heteroatoms. The third kappa shape index (κ3) is 3.84. The Kier molecular flexibility index (Phi) is 5.01. The first-order valence-corrected chi connectivity index (χ1v) is 8.62. The van der Waals surface area contributed by atoms with Gasteiger partial charge in [-0.15, -0.1) is 0 Å². The molecule has 132 valence electrons. The van der Waals surface area contributed by atoms with Gasteiger partial charge in [0, 0.05) is 6.54 Å². The molecule has 2 heterocycles. The average Bonchev–Trinajstić information content (AvgIpc) is 2.99. The first-order valence-electron chi connectivity index (χ1n) is 8.62. The Balaban J connectivity index is 1.73. The van der Waals surface area contributed by atoms with Gasteiger partial charge in [0.05, 0.1) is 42.9 Å². The van der Waals surface area contributed by atoms with Crippen LogP contribution in [0.15, 0.2) is 12.4 Å². The SMILES string of the molecule is Cc1ncc(NC(=O)N2CC3(CCCC3)OCC2CN(C)C)cn1. The summed E-state index contributed by atoms with van der Waals surface area (Å²) in [6.07, 6.45) is 7.73. The maximum Gasteiger partial charge on any atom is 0.322 e. The molecule has 3 rings (SSSR count). The van der Waals surface area contributed by atoms with Crippen LogP contribution in [0.2, 0.25) is 0 Å². The maximum atomic E-state index is 12.9. The molecule has 1 unspecified atom stereocenters. The van der Waals surface area contributed by atoms with E-state index in [1.807, 2.05) is 25.9 Å². The molecule has 2 aliphatic rings. The van der Waals surface area contributed by atoms with E-state index in [-0.39, 0.29) is 17.7 Å². The summed E-state index contributed by atoms with van der Waals surface area (Å²) in [6.45, 7) is 3.86. The van der Waals surface area contributed by atoms with Gasteiger partial charge < -0.3 is 19.9 Å². The van der Waals surface area contributed by atoms with E-state index < -0.39 is 0 Å². The van der Waals surface area contributed by atoms with Crippen LogP contribution in [-0.2, 0) is 4.74 Å². The summed E-state index contributed by atoms with van der Waals surface area (Å²) in [5, 5.41) is 2.94. The minimum Gasteiger partial charge on any atom is -0.371 e. The van der Waals surface area contributed by atoms with Crippen LogP contribution < -0.4 is 5.32 Å². The molecule has 1 atom stereocenters. The fourth-order valence-electron chi connectivity index (χ4n) is 3.63. The highest BCUT2D eigenvalue weighted by atomic mass is 16.5. The Bertz CT molecular complexity index is 569. The number of aromatic nitrogens is 2. The fourth-order valence-corrected chi connectivity index (χ4v) is 3.63. The number of hydrogen-bond acceptors (Lipinski definition) is 5. The molecule has 1 saturated heterocycles. The van der Waals surface area contributed by atoms with Crippen molar-refractivity contribution in [2.24, 2.45) is 0 Å². The minimum absolute atomic E-state index is 0.0533. The van der Waals surface area contributed by atoms with Crippen LogP contribution in [0, 0.1) is 6.92 Å². The fraction of sp³-hybridized carbons (Fsp3) is 0.706. The number of likely N-dealkylation sites (N-methyl/N-ethyl adjacent to an activating group) is 1. The predicted molar refractivity (Wildman–Crippen MR) is 92.0 cm³/mol. The number of anilines is 1. The number of morpholine rings is 1. The van der Waals surface area contributed by atoms with Crippen molar-refractivity contribution in [3.8, 4) is 0 Å². The average molecular weight is 333 g/mol. The molecule has 1 saturated carbocycles. The molecule has 1 spiro atoms. The van der Waals surface area contributed by atoms with E-state index in [0.29, 0.717) is 24.7 Å². The van der Waals surface area contributed by atoms with E-state index in [9.17, 15) is 4.79 Å². The highest BCUT2D eigenvalue weighted by Gasteiger charge is 2.44. The molecule has 0 aromatic carbocycles. The van der Waals surface area contributed by atoms with Crippen LogP contribution >= 0.6 is 0 Å². The van der Waals surface area contributed by atoms with Crippen LogP contribution in [0.5, 0.6) is 0 Å². The quantitative estimate of drug-likeness (QED) is 0.915. The number of nitrogens with one attached hydrogen (secondary N) is 1. The maximum absolute atomic E-state index is 12.9. The molecular weight excluding hydrogens is 306 g/mol. The molecule has 1 N–H and O–H groups in total. The van der Waals surface area contributed by atoms with Crippen LogP contribution in [-0.4, -0.2) is 71.2 Å². The van der Waals surface area contributed by atoms with Crippen LogP contribution in [0.25, 0.3) is 0 Å². The highest BCUT2D eigenvalue weighted by molar-refractivity contribution is 5.89. The Morgan fingerprint density at radius 1 is 1.38 bits per heavy atom. The van der Waals surface area contributed by atoms with Gasteiger partial charge in [0.25, 0.3) is 0 Å². The summed E-state index contributed by atoms with van der Waals surface area (Å²) in [4.78, 5) is 25.2. The van der Waals surface area contributed by atoms with E-state index in [2.05, 4.69) is 20.2 Å². The van der Waals surface area contributed by atoms with Crippen LogP contribution in [0.4, 0.5) is 10.5 Å². The number of nitrogens with zero attached hydrogens (tertiary/aromatic N) is 4. The monoisotopic (exact) mass is 333 g/mol. The van der Waals surface area contributed by atoms with Crippen molar-refractivity contribution in [1.29, 1.82) is 0 Å². The summed E-state index contributed by atoms with van der Waals surface area (Å²) < 4.78 is 6.21. The summed E-state index contributed by atoms with van der Waals surface area (Å²) >= 11 is 0. The molecule has 1 aromatic heterocycles. The van der Waals surface area contributed by atoms with Crippen LogP contribution in [0.1, 0.15) is 31.5 Å². The minimum atomic E-state index is -0.149. The third-order valence-corrected chi connectivity index (χ3v) is 4.86. The van der Waals surface area contributed by atoms with Crippen molar-refractivity contribution in [3.63, 3.8) is 0 Å². The van der Waals surface area contributed by atoms with E-state index >= 15 is 0 Å². The zero-order chi connectivity index (χ0) is 17.2. The lowest BCUT2D eigenvalue weighted by molar-refractivity contribution is -0.118. The molecule has 0 radical (unpaired) electrons. The second kappa shape index (κ2) is 7.03. The van der Waals surface area contributed by atoms with Gasteiger partial charge in [0.1, 0.15) is 5.82 Å². The Morgan fingerprint density at radius 2 is 2.04 bits per heavy atom. The Labute approximate surface area is 143 Å². The number of carbonyl (C=O) groups is 1. The van der Waals surface area contributed by atoms with Gasteiger partial charge in [-0.05, 0) is 33.9 Å². The molecule has 1 aliphatic carbocycles. The number of rotatable bonds is 3. The van der Waals surface area contributed by atoms with Gasteiger partial charge in [-0.1, -0.05) is 12.8 Å². The van der Waals surface area contributed by atoms with Crippen molar-refractivity contribution >= 4 is 11.7 Å². The molecule has 1 aliphatic heterocycles. The molecule has 0 bridgehead atoms.